The minimum atomic E-state index is -0.147. The number of hydrogen-bond acceptors (Lipinski definition) is 8. The Morgan fingerprint density at radius 1 is 0.800 bits per heavy atom. The van der Waals surface area contributed by atoms with Gasteiger partial charge in [0.05, 0.1) is 24.1 Å². The number of guanidine groups is 2. The summed E-state index contributed by atoms with van der Waals surface area (Å²) in [6.07, 6.45) is 24.9. The topological polar surface area (TPSA) is 81.6 Å². The molecule has 8 nitrogen and oxygen atoms in total. The second-order valence-electron chi connectivity index (χ2n) is 15.7. The fraction of sp³-hybridized carbons (Fsp3) is 0.919. The van der Waals surface area contributed by atoms with Crippen molar-refractivity contribution in [2.45, 2.75) is 211 Å². The monoisotopic (exact) mass is 625 g/mol. The molecule has 10 atom stereocenters. The van der Waals surface area contributed by atoms with Gasteiger partial charge in [0.25, 0.3) is 0 Å². The highest BCUT2D eigenvalue weighted by Crippen LogP contribution is 2.40. The molecule has 8 heteroatoms. The van der Waals surface area contributed by atoms with Gasteiger partial charge in [-0.1, -0.05) is 64.7 Å². The number of aliphatic imine (C=N–C) groups is 2. The first-order chi connectivity index (χ1) is 21.9. The second kappa shape index (κ2) is 15.3. The number of hydrogen-bond donors (Lipinski definition) is 2. The summed E-state index contributed by atoms with van der Waals surface area (Å²) in [4.78, 5) is 28.8. The Labute approximate surface area is 274 Å². The molecule has 5 unspecified atom stereocenters. The fourth-order valence-electron chi connectivity index (χ4n) is 9.74. The summed E-state index contributed by atoms with van der Waals surface area (Å²) in [5.41, 5.74) is 0. The van der Waals surface area contributed by atoms with Gasteiger partial charge in [-0.3, -0.25) is 4.79 Å². The number of rotatable bonds is 16. The first-order valence-corrected chi connectivity index (χ1v) is 19.4. The zero-order chi connectivity index (χ0) is 31.3. The van der Waals surface area contributed by atoms with Crippen LogP contribution in [0.4, 0.5) is 0 Å². The third kappa shape index (κ3) is 7.77. The summed E-state index contributed by atoms with van der Waals surface area (Å²) in [5.74, 6) is 2.09. The van der Waals surface area contributed by atoms with E-state index < -0.39 is 0 Å². The van der Waals surface area contributed by atoms with Gasteiger partial charge in [-0.05, 0) is 91.4 Å². The molecule has 254 valence electrons. The van der Waals surface area contributed by atoms with Gasteiger partial charge in [0.2, 0.25) is 0 Å². The Bertz CT molecular complexity index is 1050. The average Bonchev–Trinajstić information content (AvgIpc) is 3.61. The van der Waals surface area contributed by atoms with E-state index in [0.29, 0.717) is 24.2 Å². The minimum absolute atomic E-state index is 0.0227. The van der Waals surface area contributed by atoms with Crippen LogP contribution < -0.4 is 10.6 Å². The van der Waals surface area contributed by atoms with Crippen LogP contribution in [0.2, 0.25) is 0 Å². The van der Waals surface area contributed by atoms with Gasteiger partial charge in [0.1, 0.15) is 0 Å². The van der Waals surface area contributed by atoms with Gasteiger partial charge in [-0.15, -0.1) is 0 Å². The zero-order valence-corrected chi connectivity index (χ0v) is 29.0. The van der Waals surface area contributed by atoms with E-state index in [1.807, 2.05) is 0 Å². The van der Waals surface area contributed by atoms with E-state index in [1.54, 1.807) is 0 Å². The van der Waals surface area contributed by atoms with Crippen molar-refractivity contribution in [3.8, 4) is 0 Å². The van der Waals surface area contributed by atoms with Crippen LogP contribution in [-0.4, -0.2) is 82.1 Å². The van der Waals surface area contributed by atoms with Crippen LogP contribution >= 0.6 is 0 Å². The summed E-state index contributed by atoms with van der Waals surface area (Å²) in [6.45, 7) is 8.79. The highest BCUT2D eigenvalue weighted by Gasteiger charge is 2.51. The molecule has 0 amide bonds. The molecule has 0 saturated carbocycles. The molecule has 2 N–H and O–H groups in total. The first kappa shape index (κ1) is 32.9. The van der Waals surface area contributed by atoms with Crippen molar-refractivity contribution in [1.29, 1.82) is 0 Å². The third-order valence-corrected chi connectivity index (χ3v) is 12.0. The van der Waals surface area contributed by atoms with Gasteiger partial charge in [0, 0.05) is 36.3 Å². The average molecular weight is 625 g/mol. The summed E-state index contributed by atoms with van der Waals surface area (Å²) in [5, 5.41) is 7.45. The van der Waals surface area contributed by atoms with E-state index in [0.717, 1.165) is 37.3 Å². The van der Waals surface area contributed by atoms with E-state index in [4.69, 9.17) is 14.7 Å². The van der Waals surface area contributed by atoms with Crippen LogP contribution in [0.15, 0.2) is 9.98 Å². The molecule has 0 aliphatic carbocycles. The Balaban J connectivity index is 0.873. The second-order valence-corrected chi connectivity index (χ2v) is 15.7. The highest BCUT2D eigenvalue weighted by atomic mass is 16.5. The molecule has 0 aromatic rings. The molecule has 0 bridgehead atoms. The van der Waals surface area contributed by atoms with Crippen LogP contribution in [0, 0.1) is 5.92 Å². The number of nitrogens with zero attached hydrogens (tertiary/aromatic N) is 4. The van der Waals surface area contributed by atoms with Gasteiger partial charge < -0.3 is 25.2 Å². The van der Waals surface area contributed by atoms with Gasteiger partial charge in [0.15, 0.2) is 11.9 Å². The maximum Gasteiger partial charge on any atom is 0.313 e. The number of unbranched alkanes of at least 4 members (excludes halogenated alkanes) is 8. The molecular weight excluding hydrogens is 560 g/mol. The Morgan fingerprint density at radius 3 is 2.29 bits per heavy atom. The number of esters is 1. The molecule has 4 saturated heterocycles. The number of carbonyl (C=O) groups excluding carboxylic acids is 1. The third-order valence-electron chi connectivity index (χ3n) is 12.0. The molecule has 4 fully saturated rings. The van der Waals surface area contributed by atoms with Crippen molar-refractivity contribution in [2.24, 2.45) is 15.9 Å². The van der Waals surface area contributed by atoms with Crippen molar-refractivity contribution in [3.05, 3.63) is 0 Å². The van der Waals surface area contributed by atoms with Crippen LogP contribution in [0.25, 0.3) is 0 Å². The summed E-state index contributed by atoms with van der Waals surface area (Å²) >= 11 is 0. The maximum absolute atomic E-state index is 13.5. The van der Waals surface area contributed by atoms with Gasteiger partial charge in [-0.2, -0.15) is 0 Å². The fourth-order valence-corrected chi connectivity index (χ4v) is 9.74. The van der Waals surface area contributed by atoms with E-state index in [9.17, 15) is 4.79 Å². The molecule has 45 heavy (non-hydrogen) atoms. The minimum Gasteiger partial charge on any atom is -0.462 e. The van der Waals surface area contributed by atoms with Crippen LogP contribution in [0.5, 0.6) is 0 Å². The molecule has 6 heterocycles. The SMILES string of the molecule is CCCCCCC[C@@H]1CC2CC[C@H]3C(C(=O)O[C@H](C)CCCCCCC[C@@H]4CC5CCC6C[C@H](C)NC(=N4)N56)C(C)N=C(N1)N23. The first-order valence-electron chi connectivity index (χ1n) is 19.4. The van der Waals surface area contributed by atoms with Crippen molar-refractivity contribution in [1.82, 2.24) is 20.4 Å². The molecule has 0 aromatic carbocycles. The standard InChI is InChI=1S/C37H64N6O2/c1-5-6-7-9-13-16-29-24-32-20-21-33-34(27(4)39-37(41-29)43(32)33)35(44)45-26(3)15-12-10-8-11-14-17-28-23-31-19-18-30-22-25(2)38-36(40-28)42(30)31/h25-34H,5-24H2,1-4H3,(H,38,40)(H,39,41)/t25-,26+,27?,28+,29+,30?,31?,32?,33-,34?/m0/s1. The largest absolute Gasteiger partial charge is 0.462 e. The molecule has 6 aliphatic heterocycles. The van der Waals surface area contributed by atoms with Crippen molar-refractivity contribution < 1.29 is 9.53 Å². The van der Waals surface area contributed by atoms with Crippen LogP contribution in [-0.2, 0) is 9.53 Å². The summed E-state index contributed by atoms with van der Waals surface area (Å²) < 4.78 is 6.10. The zero-order valence-electron chi connectivity index (χ0n) is 29.0. The van der Waals surface area contributed by atoms with Crippen LogP contribution in [0.3, 0.4) is 0 Å². The maximum atomic E-state index is 13.5. The predicted octanol–water partition coefficient (Wildman–Crippen LogP) is 6.92. The van der Waals surface area contributed by atoms with Gasteiger partial charge >= 0.3 is 5.97 Å². The molecule has 6 rings (SSSR count). The summed E-state index contributed by atoms with van der Waals surface area (Å²) in [6, 6.07) is 3.76. The lowest BCUT2D eigenvalue weighted by Crippen LogP contribution is -2.63. The quantitative estimate of drug-likeness (QED) is 0.143. The number of nitrogens with one attached hydrogen (secondary N) is 2. The number of carbonyl (C=O) groups is 1. The molecule has 0 aromatic heterocycles. The van der Waals surface area contributed by atoms with Crippen molar-refractivity contribution in [2.75, 3.05) is 0 Å². The van der Waals surface area contributed by atoms with Crippen LogP contribution in [0.1, 0.15) is 156 Å². The van der Waals surface area contributed by atoms with E-state index in [-0.39, 0.29) is 30.1 Å². The lowest BCUT2D eigenvalue weighted by molar-refractivity contribution is -0.156. The number of ether oxygens (including phenoxy) is 1. The smallest absolute Gasteiger partial charge is 0.313 e. The Kier molecular flexibility index (Phi) is 11.2. The molecular formula is C37H64N6O2. The lowest BCUT2D eigenvalue weighted by Gasteiger charge is -2.47. The Morgan fingerprint density at radius 2 is 1.47 bits per heavy atom. The van der Waals surface area contributed by atoms with Crippen molar-refractivity contribution in [3.63, 3.8) is 0 Å². The summed E-state index contributed by atoms with van der Waals surface area (Å²) in [7, 11) is 0. The Hall–Kier alpha value is -1.99. The highest BCUT2D eigenvalue weighted by molar-refractivity contribution is 5.86. The van der Waals surface area contributed by atoms with Crippen molar-refractivity contribution >= 4 is 17.9 Å². The van der Waals surface area contributed by atoms with E-state index >= 15 is 0 Å². The molecule has 0 radical (unpaired) electrons. The lowest BCUT2D eigenvalue weighted by atomic mass is 9.89. The van der Waals surface area contributed by atoms with E-state index in [2.05, 4.69) is 48.1 Å². The van der Waals surface area contributed by atoms with Gasteiger partial charge in [-0.25, -0.2) is 9.98 Å². The molecule has 6 aliphatic rings. The molecule has 0 spiro atoms. The predicted molar refractivity (Wildman–Crippen MR) is 184 cm³/mol. The van der Waals surface area contributed by atoms with E-state index in [1.165, 1.54) is 115 Å². The normalized spacial score (nSPS) is 35.5.